The van der Waals surface area contributed by atoms with Gasteiger partial charge in [-0.25, -0.2) is 0 Å². The fourth-order valence-corrected chi connectivity index (χ4v) is 2.19. The molecule has 21 heavy (non-hydrogen) atoms. The Bertz CT molecular complexity index is 496. The Morgan fingerprint density at radius 2 is 2.10 bits per heavy atom. The summed E-state index contributed by atoms with van der Waals surface area (Å²) in [5.41, 5.74) is -0.252. The third kappa shape index (κ3) is 4.25. The summed E-state index contributed by atoms with van der Waals surface area (Å²) < 4.78 is 1.34. The molecule has 8 nitrogen and oxygen atoms in total. The van der Waals surface area contributed by atoms with Crippen LogP contribution >= 0.6 is 0 Å². The van der Waals surface area contributed by atoms with Gasteiger partial charge >= 0.3 is 5.69 Å². The molecular formula is C13H23N5O3. The summed E-state index contributed by atoms with van der Waals surface area (Å²) in [6.45, 7) is 10.7. The number of nitrogens with zero attached hydrogens (tertiary/aromatic N) is 4. The number of carbonyl (C=O) groups is 1. The van der Waals surface area contributed by atoms with E-state index in [1.165, 1.54) is 4.68 Å². The van der Waals surface area contributed by atoms with E-state index in [9.17, 15) is 14.9 Å². The largest absolute Gasteiger partial charge is 0.347 e. The van der Waals surface area contributed by atoms with E-state index in [4.69, 9.17) is 0 Å². The van der Waals surface area contributed by atoms with Crippen molar-refractivity contribution in [3.8, 4) is 0 Å². The van der Waals surface area contributed by atoms with Crippen molar-refractivity contribution in [1.29, 1.82) is 0 Å². The lowest BCUT2D eigenvalue weighted by atomic mass is 10.2. The van der Waals surface area contributed by atoms with E-state index in [0.29, 0.717) is 13.1 Å². The normalized spacial score (nSPS) is 12.4. The summed E-state index contributed by atoms with van der Waals surface area (Å²) in [6.07, 6.45) is 1.12. The molecule has 0 spiro atoms. The van der Waals surface area contributed by atoms with Crippen LogP contribution in [0.4, 0.5) is 5.69 Å². The van der Waals surface area contributed by atoms with Crippen LogP contribution in [-0.4, -0.2) is 51.2 Å². The van der Waals surface area contributed by atoms with Gasteiger partial charge in [0.15, 0.2) is 0 Å². The number of amides is 1. The average Bonchev–Trinajstić information content (AvgIpc) is 2.88. The van der Waals surface area contributed by atoms with Gasteiger partial charge in [0.1, 0.15) is 6.20 Å². The van der Waals surface area contributed by atoms with Gasteiger partial charge in [-0.1, -0.05) is 13.8 Å². The van der Waals surface area contributed by atoms with Crippen molar-refractivity contribution in [1.82, 2.24) is 20.0 Å². The molecule has 0 radical (unpaired) electrons. The van der Waals surface area contributed by atoms with Crippen molar-refractivity contribution in [2.45, 2.75) is 40.3 Å². The van der Waals surface area contributed by atoms with Gasteiger partial charge < -0.3 is 10.2 Å². The maximum atomic E-state index is 12.3. The minimum absolute atomic E-state index is 0.00824. The first-order valence-electron chi connectivity index (χ1n) is 7.17. The molecule has 0 aliphatic heterocycles. The molecule has 0 bridgehead atoms. The van der Waals surface area contributed by atoms with Crippen molar-refractivity contribution in [3.63, 3.8) is 0 Å². The molecule has 8 heteroatoms. The maximum Gasteiger partial charge on any atom is 0.320 e. The summed E-state index contributed by atoms with van der Waals surface area (Å²) in [4.78, 5) is 24.9. The highest BCUT2D eigenvalue weighted by atomic mass is 16.6. The topological polar surface area (TPSA) is 93.3 Å². The second-order valence-corrected chi connectivity index (χ2v) is 4.81. The molecule has 1 atom stereocenters. The number of hydrogen-bond donors (Lipinski definition) is 1. The Morgan fingerprint density at radius 3 is 2.57 bits per heavy atom. The zero-order valence-corrected chi connectivity index (χ0v) is 13.0. The number of likely N-dealkylation sites (N-methyl/N-ethyl adjacent to an activating group) is 1. The molecule has 0 aromatic carbocycles. The van der Waals surface area contributed by atoms with Crippen LogP contribution in [0.3, 0.4) is 0 Å². The molecular weight excluding hydrogens is 274 g/mol. The number of rotatable bonds is 8. The van der Waals surface area contributed by atoms with E-state index >= 15 is 0 Å². The van der Waals surface area contributed by atoms with Crippen LogP contribution in [0.2, 0.25) is 0 Å². The van der Waals surface area contributed by atoms with Crippen LogP contribution in [0.15, 0.2) is 6.20 Å². The Balaban J connectivity index is 2.84. The lowest BCUT2D eigenvalue weighted by Crippen LogP contribution is -2.42. The Kier molecular flexibility index (Phi) is 6.29. The van der Waals surface area contributed by atoms with E-state index in [1.807, 2.05) is 6.92 Å². The van der Waals surface area contributed by atoms with Gasteiger partial charge in [-0.05, 0) is 26.9 Å². The highest BCUT2D eigenvalue weighted by Crippen LogP contribution is 2.17. The van der Waals surface area contributed by atoms with Crippen LogP contribution in [0.25, 0.3) is 0 Å². The van der Waals surface area contributed by atoms with Crippen molar-refractivity contribution >= 4 is 11.6 Å². The van der Waals surface area contributed by atoms with E-state index in [1.54, 1.807) is 6.92 Å². The quantitative estimate of drug-likeness (QED) is 0.576. The number of hydrogen-bond acceptors (Lipinski definition) is 5. The Hall–Kier alpha value is -1.96. The molecule has 0 saturated carbocycles. The van der Waals surface area contributed by atoms with E-state index in [2.05, 4.69) is 29.2 Å². The third-order valence-corrected chi connectivity index (χ3v) is 3.34. The van der Waals surface area contributed by atoms with Gasteiger partial charge in [-0.3, -0.25) is 19.6 Å². The SMILES string of the molecule is CCN(CC)C[C@H](C)NC(=O)c1c([N+](=O)[O-])cnn1CC. The van der Waals surface area contributed by atoms with Crippen LogP contribution in [0, 0.1) is 10.1 Å². The zero-order valence-electron chi connectivity index (χ0n) is 13.0. The first kappa shape index (κ1) is 17.1. The summed E-state index contributed by atoms with van der Waals surface area (Å²) in [5.74, 6) is -0.458. The van der Waals surface area contributed by atoms with Gasteiger partial charge in [-0.15, -0.1) is 0 Å². The highest BCUT2D eigenvalue weighted by Gasteiger charge is 2.27. The number of nitrogens with one attached hydrogen (secondary N) is 1. The molecule has 1 aromatic heterocycles. The number of carbonyl (C=O) groups excluding carboxylic acids is 1. The zero-order chi connectivity index (χ0) is 16.0. The van der Waals surface area contributed by atoms with Crippen LogP contribution in [0.5, 0.6) is 0 Å². The molecule has 1 heterocycles. The molecule has 0 fully saturated rings. The predicted octanol–water partition coefficient (Wildman–Crippen LogP) is 1.27. The van der Waals surface area contributed by atoms with Gasteiger partial charge in [-0.2, -0.15) is 5.10 Å². The van der Waals surface area contributed by atoms with Gasteiger partial charge in [0.25, 0.3) is 5.91 Å². The monoisotopic (exact) mass is 297 g/mol. The highest BCUT2D eigenvalue weighted by molar-refractivity contribution is 5.96. The van der Waals surface area contributed by atoms with Crippen molar-refractivity contribution in [3.05, 3.63) is 22.0 Å². The summed E-state index contributed by atoms with van der Waals surface area (Å²) in [6, 6.07) is -0.0998. The maximum absolute atomic E-state index is 12.3. The Labute approximate surface area is 124 Å². The van der Waals surface area contributed by atoms with E-state index in [0.717, 1.165) is 19.3 Å². The van der Waals surface area contributed by atoms with E-state index in [-0.39, 0.29) is 17.4 Å². The number of nitro groups is 1. The summed E-state index contributed by atoms with van der Waals surface area (Å²) in [5, 5.41) is 17.7. The fourth-order valence-electron chi connectivity index (χ4n) is 2.19. The molecule has 1 amide bonds. The third-order valence-electron chi connectivity index (χ3n) is 3.34. The lowest BCUT2D eigenvalue weighted by Gasteiger charge is -2.23. The van der Waals surface area contributed by atoms with Gasteiger partial charge in [0, 0.05) is 19.1 Å². The standard InChI is InChI=1S/C13H23N5O3/c1-5-16(6-2)9-10(4)15-13(19)12-11(18(20)21)8-14-17(12)7-3/h8,10H,5-7,9H2,1-4H3,(H,15,19)/t10-/m0/s1. The minimum atomic E-state index is -0.580. The predicted molar refractivity (Wildman–Crippen MR) is 79.3 cm³/mol. The minimum Gasteiger partial charge on any atom is -0.347 e. The van der Waals surface area contributed by atoms with Crippen LogP contribution in [0.1, 0.15) is 38.2 Å². The molecule has 0 aliphatic rings. The molecule has 1 N–H and O–H groups in total. The number of aromatic nitrogens is 2. The van der Waals surface area contributed by atoms with Crippen LogP contribution < -0.4 is 5.32 Å². The molecule has 118 valence electrons. The van der Waals surface area contributed by atoms with Crippen molar-refractivity contribution in [2.75, 3.05) is 19.6 Å². The average molecular weight is 297 g/mol. The lowest BCUT2D eigenvalue weighted by molar-refractivity contribution is -0.385. The number of aryl methyl sites for hydroxylation is 1. The van der Waals surface area contributed by atoms with Gasteiger partial charge in [0.2, 0.25) is 5.69 Å². The van der Waals surface area contributed by atoms with Crippen molar-refractivity contribution in [2.24, 2.45) is 0 Å². The van der Waals surface area contributed by atoms with Crippen LogP contribution in [-0.2, 0) is 6.54 Å². The van der Waals surface area contributed by atoms with Crippen molar-refractivity contribution < 1.29 is 9.72 Å². The first-order chi connectivity index (χ1) is 9.94. The van der Waals surface area contributed by atoms with E-state index < -0.39 is 10.8 Å². The molecule has 1 aromatic rings. The Morgan fingerprint density at radius 1 is 1.48 bits per heavy atom. The summed E-state index contributed by atoms with van der Waals surface area (Å²) >= 11 is 0. The molecule has 0 unspecified atom stereocenters. The molecule has 1 rings (SSSR count). The second kappa shape index (κ2) is 7.72. The molecule has 0 aliphatic carbocycles. The summed E-state index contributed by atoms with van der Waals surface area (Å²) in [7, 11) is 0. The smallest absolute Gasteiger partial charge is 0.320 e. The molecule has 0 saturated heterocycles. The second-order valence-electron chi connectivity index (χ2n) is 4.81. The van der Waals surface area contributed by atoms with Gasteiger partial charge in [0.05, 0.1) is 4.92 Å². The fraction of sp³-hybridized carbons (Fsp3) is 0.692. The first-order valence-corrected chi connectivity index (χ1v) is 7.17.